The van der Waals surface area contributed by atoms with Gasteiger partial charge in [0.15, 0.2) is 0 Å². The van der Waals surface area contributed by atoms with E-state index in [1.54, 1.807) is 0 Å². The van der Waals surface area contributed by atoms with E-state index < -0.39 is 12.3 Å². The molecule has 1 aliphatic rings. The molecule has 0 saturated carbocycles. The van der Waals surface area contributed by atoms with Gasteiger partial charge in [-0.1, -0.05) is 6.08 Å². The zero-order valence-electron chi connectivity index (χ0n) is 17.5. The third-order valence-electron chi connectivity index (χ3n) is 4.16. The number of aromatic nitrogens is 2. The molecule has 178 valence electrons. The van der Waals surface area contributed by atoms with E-state index in [2.05, 4.69) is 19.7 Å². The molecule has 2 heterocycles. The summed E-state index contributed by atoms with van der Waals surface area (Å²) >= 11 is 0.959. The van der Waals surface area contributed by atoms with Gasteiger partial charge in [0.25, 0.3) is 12.2 Å². The summed E-state index contributed by atoms with van der Waals surface area (Å²) in [5.41, 5.74) is 1.47. The van der Waals surface area contributed by atoms with Crippen LogP contribution in [0, 0.1) is 0 Å². The van der Waals surface area contributed by atoms with Crippen LogP contribution in [-0.2, 0) is 18.9 Å². The standard InChI is InChI=1S/C18H31N3O9S/c1-21-4-2-3-14(13-21)15-16(20-31-19-15)30-17(26-9-5-22)18(27-10-6-23,28-11-7-24)29-12-8-25/h3,17,22-25H,2,4-13H2,1H3. The van der Waals surface area contributed by atoms with Crippen molar-refractivity contribution in [1.82, 2.24) is 13.6 Å². The molecule has 4 N–H and O–H groups in total. The van der Waals surface area contributed by atoms with Crippen molar-refractivity contribution in [1.29, 1.82) is 0 Å². The molecule has 1 aromatic heterocycles. The normalized spacial score (nSPS) is 16.4. The number of likely N-dealkylation sites (N-methyl/N-ethyl adjacent to an activating group) is 1. The van der Waals surface area contributed by atoms with Gasteiger partial charge in [-0.3, -0.25) is 0 Å². The van der Waals surface area contributed by atoms with Gasteiger partial charge in [-0.25, -0.2) is 0 Å². The van der Waals surface area contributed by atoms with E-state index in [-0.39, 0.29) is 58.7 Å². The highest BCUT2D eigenvalue weighted by Gasteiger charge is 2.47. The van der Waals surface area contributed by atoms with Crippen LogP contribution >= 0.6 is 11.7 Å². The Morgan fingerprint density at radius 2 is 1.61 bits per heavy atom. The van der Waals surface area contributed by atoms with Crippen LogP contribution in [-0.4, -0.2) is 119 Å². The van der Waals surface area contributed by atoms with Gasteiger partial charge < -0.3 is 49.0 Å². The fraction of sp³-hybridized carbons (Fsp3) is 0.778. The SMILES string of the molecule is CN1CCC=C(c2nsnc2OC(OCCO)C(OCCO)(OCCO)OCCO)C1. The van der Waals surface area contributed by atoms with Gasteiger partial charge in [0.05, 0.1) is 64.6 Å². The molecule has 1 unspecified atom stereocenters. The Morgan fingerprint density at radius 3 is 2.16 bits per heavy atom. The maximum absolute atomic E-state index is 9.26. The van der Waals surface area contributed by atoms with E-state index in [4.69, 9.17) is 23.7 Å². The van der Waals surface area contributed by atoms with Gasteiger partial charge in [0.1, 0.15) is 5.69 Å². The Balaban J connectivity index is 2.34. The van der Waals surface area contributed by atoms with E-state index >= 15 is 0 Å². The van der Waals surface area contributed by atoms with Gasteiger partial charge >= 0.3 is 5.97 Å². The van der Waals surface area contributed by atoms with Crippen molar-refractivity contribution in [2.75, 3.05) is 73.0 Å². The quantitative estimate of drug-likeness (QED) is 0.213. The molecule has 0 aliphatic carbocycles. The molecule has 1 aliphatic heterocycles. The molecule has 1 aromatic rings. The Morgan fingerprint density at radius 1 is 1.00 bits per heavy atom. The van der Waals surface area contributed by atoms with Crippen molar-refractivity contribution >= 4 is 17.3 Å². The Bertz CT molecular complexity index is 639. The molecule has 0 amide bonds. The lowest BCUT2D eigenvalue weighted by molar-refractivity contribution is -0.447. The van der Waals surface area contributed by atoms with Crippen molar-refractivity contribution in [3.05, 3.63) is 11.8 Å². The van der Waals surface area contributed by atoms with E-state index in [0.29, 0.717) is 12.2 Å². The molecule has 0 radical (unpaired) electrons. The average Bonchev–Trinajstić information content (AvgIpc) is 3.25. The second-order valence-electron chi connectivity index (χ2n) is 6.54. The van der Waals surface area contributed by atoms with Gasteiger partial charge in [-0.15, -0.1) is 4.37 Å². The van der Waals surface area contributed by atoms with Crippen molar-refractivity contribution in [2.24, 2.45) is 0 Å². The summed E-state index contributed by atoms with van der Waals surface area (Å²) in [6.45, 7) is -0.593. The van der Waals surface area contributed by atoms with E-state index in [0.717, 1.165) is 30.3 Å². The third-order valence-corrected chi connectivity index (χ3v) is 4.67. The number of aliphatic hydroxyl groups is 4. The minimum atomic E-state index is -2.05. The summed E-state index contributed by atoms with van der Waals surface area (Å²) in [5.74, 6) is -1.89. The summed E-state index contributed by atoms with van der Waals surface area (Å²) in [7, 11) is 2.00. The zero-order chi connectivity index (χ0) is 22.5. The van der Waals surface area contributed by atoms with Crippen LogP contribution in [0.4, 0.5) is 0 Å². The molecule has 12 nitrogen and oxygen atoms in total. The number of aliphatic hydroxyl groups excluding tert-OH is 4. The lowest BCUT2D eigenvalue weighted by Crippen LogP contribution is -2.55. The number of nitrogens with zero attached hydrogens (tertiary/aromatic N) is 3. The summed E-state index contributed by atoms with van der Waals surface area (Å²) in [5, 5.41) is 37.0. The second-order valence-corrected chi connectivity index (χ2v) is 7.07. The first-order chi connectivity index (χ1) is 15.1. The molecular formula is C18H31N3O9S. The van der Waals surface area contributed by atoms with Crippen LogP contribution in [0.3, 0.4) is 0 Å². The number of hydrogen-bond donors (Lipinski definition) is 4. The number of rotatable bonds is 16. The molecule has 0 fully saturated rings. The zero-order valence-corrected chi connectivity index (χ0v) is 18.3. The van der Waals surface area contributed by atoms with Crippen LogP contribution in [0.2, 0.25) is 0 Å². The smallest absolute Gasteiger partial charge is 0.349 e. The minimum absolute atomic E-state index is 0.155. The highest BCUT2D eigenvalue weighted by atomic mass is 32.1. The molecule has 0 saturated heterocycles. The molecule has 0 bridgehead atoms. The summed E-state index contributed by atoms with van der Waals surface area (Å²) < 4.78 is 36.8. The summed E-state index contributed by atoms with van der Waals surface area (Å²) in [6, 6.07) is 0. The van der Waals surface area contributed by atoms with Gasteiger partial charge in [0, 0.05) is 13.1 Å². The van der Waals surface area contributed by atoms with Gasteiger partial charge in [0.2, 0.25) is 0 Å². The van der Waals surface area contributed by atoms with Crippen LogP contribution < -0.4 is 4.74 Å². The predicted octanol–water partition coefficient (Wildman–Crippen LogP) is -1.35. The van der Waals surface area contributed by atoms with Crippen LogP contribution in [0.25, 0.3) is 5.57 Å². The molecule has 31 heavy (non-hydrogen) atoms. The Labute approximate surface area is 184 Å². The van der Waals surface area contributed by atoms with Crippen molar-refractivity contribution in [3.8, 4) is 5.88 Å². The highest BCUT2D eigenvalue weighted by Crippen LogP contribution is 2.31. The predicted molar refractivity (Wildman–Crippen MR) is 109 cm³/mol. The lowest BCUT2D eigenvalue weighted by atomic mass is 10.1. The fourth-order valence-corrected chi connectivity index (χ4v) is 3.40. The first kappa shape index (κ1) is 26.0. The largest absolute Gasteiger partial charge is 0.436 e. The first-order valence-electron chi connectivity index (χ1n) is 9.94. The maximum atomic E-state index is 9.26. The average molecular weight is 466 g/mol. The molecule has 1 atom stereocenters. The van der Waals surface area contributed by atoms with Gasteiger partial charge in [-0.05, 0) is 19.0 Å². The molecule has 0 spiro atoms. The van der Waals surface area contributed by atoms with E-state index in [1.165, 1.54) is 0 Å². The van der Waals surface area contributed by atoms with Crippen molar-refractivity contribution in [3.63, 3.8) is 0 Å². The summed E-state index contributed by atoms with van der Waals surface area (Å²) in [6.07, 6.45) is 1.50. The third kappa shape index (κ3) is 7.68. The number of hydrogen-bond acceptors (Lipinski definition) is 13. The van der Waals surface area contributed by atoms with E-state index in [1.807, 2.05) is 7.05 Å². The lowest BCUT2D eigenvalue weighted by Gasteiger charge is -2.37. The van der Waals surface area contributed by atoms with E-state index in [9.17, 15) is 20.4 Å². The van der Waals surface area contributed by atoms with Crippen LogP contribution in [0.15, 0.2) is 6.08 Å². The molecule has 13 heteroatoms. The number of ether oxygens (including phenoxy) is 5. The van der Waals surface area contributed by atoms with Crippen LogP contribution in [0.5, 0.6) is 5.88 Å². The molecule has 0 aromatic carbocycles. The topological polar surface area (TPSA) is 156 Å². The monoisotopic (exact) mass is 465 g/mol. The minimum Gasteiger partial charge on any atom is -0.436 e. The molecular weight excluding hydrogens is 434 g/mol. The van der Waals surface area contributed by atoms with Gasteiger partial charge in [-0.2, -0.15) is 4.37 Å². The highest BCUT2D eigenvalue weighted by molar-refractivity contribution is 6.99. The Kier molecular flexibility index (Phi) is 11.7. The summed E-state index contributed by atoms with van der Waals surface area (Å²) in [4.78, 5) is 2.14. The second kappa shape index (κ2) is 14.0. The Hall–Kier alpha value is -1.26. The first-order valence-corrected chi connectivity index (χ1v) is 10.7. The van der Waals surface area contributed by atoms with Crippen molar-refractivity contribution < 1.29 is 44.1 Å². The maximum Gasteiger partial charge on any atom is 0.349 e. The van der Waals surface area contributed by atoms with Crippen molar-refractivity contribution in [2.45, 2.75) is 18.7 Å². The molecule has 2 rings (SSSR count). The fourth-order valence-electron chi connectivity index (χ4n) is 2.88. The van der Waals surface area contributed by atoms with Crippen LogP contribution in [0.1, 0.15) is 12.1 Å².